The van der Waals surface area contributed by atoms with E-state index in [1.165, 1.54) is 12.8 Å². The van der Waals surface area contributed by atoms with E-state index in [2.05, 4.69) is 25.7 Å². The maximum absolute atomic E-state index is 5.88. The molecule has 0 aromatic carbocycles. The van der Waals surface area contributed by atoms with Crippen molar-refractivity contribution in [2.75, 3.05) is 26.4 Å². The highest BCUT2D eigenvalue weighted by Gasteiger charge is 2.35. The van der Waals surface area contributed by atoms with Crippen LogP contribution in [0.5, 0.6) is 0 Å². The second kappa shape index (κ2) is 4.40. The minimum Gasteiger partial charge on any atom is -0.378 e. The number of rotatable bonds is 2. The second-order valence-electron chi connectivity index (χ2n) is 5.62. The first kappa shape index (κ1) is 11.4. The number of morpholine rings is 1. The Balaban J connectivity index is 1.83. The zero-order valence-electron chi connectivity index (χ0n) is 10.2. The molecule has 2 atom stereocenters. The zero-order chi connectivity index (χ0) is 10.9. The van der Waals surface area contributed by atoms with Gasteiger partial charge in [-0.25, -0.2) is 0 Å². The van der Waals surface area contributed by atoms with Crippen LogP contribution >= 0.6 is 0 Å². The topological polar surface area (TPSA) is 21.7 Å². The first-order chi connectivity index (χ1) is 7.06. The molecule has 88 valence electrons. The number of fused-ring (bicyclic) bond motifs is 1. The first-order valence-electron chi connectivity index (χ1n) is 6.04. The summed E-state index contributed by atoms with van der Waals surface area (Å²) in [6, 6.07) is 1.28. The van der Waals surface area contributed by atoms with Crippen molar-refractivity contribution in [3.8, 4) is 0 Å². The standard InChI is InChI=1S/C12H23NO2/c1-12(2,3)15-9-11-5-4-10-8-14-7-6-13(10)11/h10-11H,4-9H2,1-3H3/t10-,11+/m0/s1. The molecule has 0 spiro atoms. The first-order valence-corrected chi connectivity index (χ1v) is 6.04. The maximum Gasteiger partial charge on any atom is 0.0629 e. The highest BCUT2D eigenvalue weighted by atomic mass is 16.5. The Labute approximate surface area is 92.7 Å². The van der Waals surface area contributed by atoms with E-state index in [0.29, 0.717) is 12.1 Å². The van der Waals surface area contributed by atoms with Gasteiger partial charge in [0, 0.05) is 18.6 Å². The molecule has 0 saturated carbocycles. The van der Waals surface area contributed by atoms with Crippen molar-refractivity contribution in [1.29, 1.82) is 0 Å². The molecule has 2 fully saturated rings. The quantitative estimate of drug-likeness (QED) is 0.696. The normalized spacial score (nSPS) is 33.0. The molecule has 3 heteroatoms. The molecule has 0 unspecified atom stereocenters. The molecule has 15 heavy (non-hydrogen) atoms. The lowest BCUT2D eigenvalue weighted by molar-refractivity contribution is -0.0554. The predicted molar refractivity (Wildman–Crippen MR) is 60.0 cm³/mol. The third-order valence-corrected chi connectivity index (χ3v) is 3.28. The summed E-state index contributed by atoms with van der Waals surface area (Å²) in [5, 5.41) is 0. The Morgan fingerprint density at radius 2 is 2.13 bits per heavy atom. The molecule has 2 saturated heterocycles. The molecule has 0 bridgehead atoms. The highest BCUT2D eigenvalue weighted by Crippen LogP contribution is 2.27. The predicted octanol–water partition coefficient (Wildman–Crippen LogP) is 1.66. The Bertz CT molecular complexity index is 212. The summed E-state index contributed by atoms with van der Waals surface area (Å²) in [6.07, 6.45) is 2.54. The molecule has 0 N–H and O–H groups in total. The van der Waals surface area contributed by atoms with E-state index in [1.54, 1.807) is 0 Å². The van der Waals surface area contributed by atoms with Gasteiger partial charge in [0.05, 0.1) is 25.4 Å². The lowest BCUT2D eigenvalue weighted by Gasteiger charge is -2.34. The smallest absolute Gasteiger partial charge is 0.0629 e. The van der Waals surface area contributed by atoms with Gasteiger partial charge in [-0.2, -0.15) is 0 Å². The van der Waals surface area contributed by atoms with Gasteiger partial charge in [0.2, 0.25) is 0 Å². The molecule has 3 nitrogen and oxygen atoms in total. The van der Waals surface area contributed by atoms with Gasteiger partial charge >= 0.3 is 0 Å². The Kier molecular flexibility index (Phi) is 3.33. The van der Waals surface area contributed by atoms with E-state index < -0.39 is 0 Å². The van der Waals surface area contributed by atoms with Gasteiger partial charge in [0.1, 0.15) is 0 Å². The summed E-state index contributed by atoms with van der Waals surface area (Å²) < 4.78 is 11.4. The SMILES string of the molecule is CC(C)(C)OC[C@H]1CC[C@H]2COCCN12. The van der Waals surface area contributed by atoms with Gasteiger partial charge in [-0.05, 0) is 33.6 Å². The van der Waals surface area contributed by atoms with Crippen molar-refractivity contribution in [3.05, 3.63) is 0 Å². The van der Waals surface area contributed by atoms with Gasteiger partial charge in [-0.3, -0.25) is 4.90 Å². The second-order valence-corrected chi connectivity index (χ2v) is 5.62. The Morgan fingerprint density at radius 3 is 2.87 bits per heavy atom. The van der Waals surface area contributed by atoms with E-state index >= 15 is 0 Å². The molecule has 2 aliphatic rings. The van der Waals surface area contributed by atoms with Crippen molar-refractivity contribution < 1.29 is 9.47 Å². The number of hydrogen-bond donors (Lipinski definition) is 0. The Hall–Kier alpha value is -0.120. The van der Waals surface area contributed by atoms with Crippen LogP contribution in [-0.4, -0.2) is 49.0 Å². The van der Waals surface area contributed by atoms with Crippen LogP contribution in [0.4, 0.5) is 0 Å². The van der Waals surface area contributed by atoms with E-state index in [1.807, 2.05) is 0 Å². The summed E-state index contributed by atoms with van der Waals surface area (Å²) in [4.78, 5) is 2.58. The summed E-state index contributed by atoms with van der Waals surface area (Å²) in [7, 11) is 0. The lowest BCUT2D eigenvalue weighted by atomic mass is 10.2. The van der Waals surface area contributed by atoms with Crippen LogP contribution in [0.25, 0.3) is 0 Å². The fraction of sp³-hybridized carbons (Fsp3) is 1.00. The van der Waals surface area contributed by atoms with Crippen LogP contribution < -0.4 is 0 Å². The molecule has 2 rings (SSSR count). The van der Waals surface area contributed by atoms with Gasteiger partial charge < -0.3 is 9.47 Å². The molecule has 2 aliphatic heterocycles. The van der Waals surface area contributed by atoms with E-state index in [0.717, 1.165) is 26.4 Å². The van der Waals surface area contributed by atoms with Crippen molar-refractivity contribution in [1.82, 2.24) is 4.90 Å². The van der Waals surface area contributed by atoms with Gasteiger partial charge in [0.25, 0.3) is 0 Å². The van der Waals surface area contributed by atoms with E-state index in [-0.39, 0.29) is 5.60 Å². The lowest BCUT2D eigenvalue weighted by Crippen LogP contribution is -2.47. The van der Waals surface area contributed by atoms with Crippen LogP contribution in [0.3, 0.4) is 0 Å². The van der Waals surface area contributed by atoms with E-state index in [4.69, 9.17) is 9.47 Å². The number of ether oxygens (including phenoxy) is 2. The molecule has 0 aromatic rings. The van der Waals surface area contributed by atoms with Gasteiger partial charge in [0.15, 0.2) is 0 Å². The summed E-state index contributed by atoms with van der Waals surface area (Å²) >= 11 is 0. The zero-order valence-corrected chi connectivity index (χ0v) is 10.2. The van der Waals surface area contributed by atoms with Crippen LogP contribution in [-0.2, 0) is 9.47 Å². The molecule has 0 radical (unpaired) electrons. The molecule has 0 aliphatic carbocycles. The molecule has 0 amide bonds. The van der Waals surface area contributed by atoms with Crippen molar-refractivity contribution in [2.45, 2.75) is 51.3 Å². The third kappa shape index (κ3) is 2.92. The third-order valence-electron chi connectivity index (χ3n) is 3.28. The summed E-state index contributed by atoms with van der Waals surface area (Å²) in [6.45, 7) is 10.1. The minimum absolute atomic E-state index is 0.00955. The fourth-order valence-corrected chi connectivity index (χ4v) is 2.47. The average molecular weight is 213 g/mol. The van der Waals surface area contributed by atoms with E-state index in [9.17, 15) is 0 Å². The number of nitrogens with zero attached hydrogens (tertiary/aromatic N) is 1. The maximum atomic E-state index is 5.88. The monoisotopic (exact) mass is 213 g/mol. The fourth-order valence-electron chi connectivity index (χ4n) is 2.47. The molecular formula is C12H23NO2. The van der Waals surface area contributed by atoms with Gasteiger partial charge in [-0.15, -0.1) is 0 Å². The summed E-state index contributed by atoms with van der Waals surface area (Å²) in [5.41, 5.74) is -0.00955. The van der Waals surface area contributed by atoms with Crippen LogP contribution in [0, 0.1) is 0 Å². The summed E-state index contributed by atoms with van der Waals surface area (Å²) in [5.74, 6) is 0. The van der Waals surface area contributed by atoms with Crippen LogP contribution in [0.1, 0.15) is 33.6 Å². The highest BCUT2D eigenvalue weighted by molar-refractivity contribution is 4.89. The molecule has 2 heterocycles. The van der Waals surface area contributed by atoms with Crippen molar-refractivity contribution in [2.24, 2.45) is 0 Å². The van der Waals surface area contributed by atoms with Gasteiger partial charge in [-0.1, -0.05) is 0 Å². The molecule has 0 aromatic heterocycles. The van der Waals surface area contributed by atoms with Crippen molar-refractivity contribution in [3.63, 3.8) is 0 Å². The average Bonchev–Trinajstić information content (AvgIpc) is 2.57. The van der Waals surface area contributed by atoms with Crippen LogP contribution in [0.2, 0.25) is 0 Å². The minimum atomic E-state index is -0.00955. The Morgan fingerprint density at radius 1 is 1.33 bits per heavy atom. The van der Waals surface area contributed by atoms with Crippen LogP contribution in [0.15, 0.2) is 0 Å². The van der Waals surface area contributed by atoms with Crippen molar-refractivity contribution >= 4 is 0 Å². The number of hydrogen-bond acceptors (Lipinski definition) is 3. The largest absolute Gasteiger partial charge is 0.378 e. The molecular weight excluding hydrogens is 190 g/mol.